The van der Waals surface area contributed by atoms with Gasteiger partial charge in [0.15, 0.2) is 0 Å². The van der Waals surface area contributed by atoms with Crippen molar-refractivity contribution in [3.8, 4) is 0 Å². The first-order chi connectivity index (χ1) is 7.16. The first kappa shape index (κ1) is 10.2. The van der Waals surface area contributed by atoms with Crippen molar-refractivity contribution in [1.29, 1.82) is 0 Å². The van der Waals surface area contributed by atoms with Gasteiger partial charge >= 0.3 is 0 Å². The van der Waals surface area contributed by atoms with Crippen LogP contribution in [0.4, 0.5) is 0 Å². The first-order valence-corrected chi connectivity index (χ1v) is 5.19. The van der Waals surface area contributed by atoms with E-state index in [1.807, 2.05) is 7.05 Å². The standard InChI is InChI=1S/C10H16N4O/c1-13-6-9(12-7-13)10(15)14-4-2-3-8(11)5-14/h6-8H,2-5,11H2,1H3. The predicted octanol–water partition coefficient (Wildman–Crippen LogP) is -0.0166. The topological polar surface area (TPSA) is 64.2 Å². The molecule has 2 N–H and O–H groups in total. The van der Waals surface area contributed by atoms with Crippen LogP contribution < -0.4 is 5.73 Å². The molecule has 0 aromatic carbocycles. The van der Waals surface area contributed by atoms with Crippen LogP contribution in [0.3, 0.4) is 0 Å². The summed E-state index contributed by atoms with van der Waals surface area (Å²) < 4.78 is 1.77. The lowest BCUT2D eigenvalue weighted by molar-refractivity contribution is 0.0703. The first-order valence-electron chi connectivity index (χ1n) is 5.19. The summed E-state index contributed by atoms with van der Waals surface area (Å²) in [7, 11) is 1.85. The molecule has 82 valence electrons. The molecule has 1 fully saturated rings. The highest BCUT2D eigenvalue weighted by Crippen LogP contribution is 2.11. The maximum atomic E-state index is 12.0. The van der Waals surface area contributed by atoms with E-state index in [1.165, 1.54) is 0 Å². The highest BCUT2D eigenvalue weighted by atomic mass is 16.2. The van der Waals surface area contributed by atoms with Crippen LogP contribution in [0.2, 0.25) is 0 Å². The number of amides is 1. The minimum absolute atomic E-state index is 0.00856. The fourth-order valence-corrected chi connectivity index (χ4v) is 1.88. The molecule has 0 saturated carbocycles. The lowest BCUT2D eigenvalue weighted by atomic mass is 10.1. The highest BCUT2D eigenvalue weighted by molar-refractivity contribution is 5.92. The van der Waals surface area contributed by atoms with Crippen molar-refractivity contribution in [2.45, 2.75) is 18.9 Å². The summed E-state index contributed by atoms with van der Waals surface area (Å²) in [6.07, 6.45) is 5.37. The summed E-state index contributed by atoms with van der Waals surface area (Å²) in [6.45, 7) is 1.44. The van der Waals surface area contributed by atoms with E-state index in [0.717, 1.165) is 19.4 Å². The van der Waals surface area contributed by atoms with Crippen molar-refractivity contribution in [1.82, 2.24) is 14.5 Å². The van der Waals surface area contributed by atoms with E-state index >= 15 is 0 Å². The number of nitrogens with zero attached hydrogens (tertiary/aromatic N) is 3. The van der Waals surface area contributed by atoms with Crippen LogP contribution in [0, 0.1) is 0 Å². The number of nitrogens with two attached hydrogens (primary N) is 1. The van der Waals surface area contributed by atoms with Gasteiger partial charge in [0.2, 0.25) is 0 Å². The third-order valence-electron chi connectivity index (χ3n) is 2.67. The Labute approximate surface area is 88.9 Å². The number of rotatable bonds is 1. The molecule has 1 aliphatic heterocycles. The number of aromatic nitrogens is 2. The van der Waals surface area contributed by atoms with Crippen LogP contribution in [-0.4, -0.2) is 39.5 Å². The van der Waals surface area contributed by atoms with Gasteiger partial charge in [-0.15, -0.1) is 0 Å². The van der Waals surface area contributed by atoms with E-state index in [0.29, 0.717) is 12.2 Å². The SMILES string of the molecule is Cn1cnc(C(=O)N2CCCC(N)C2)c1. The predicted molar refractivity (Wildman–Crippen MR) is 56.3 cm³/mol. The maximum absolute atomic E-state index is 12.0. The summed E-state index contributed by atoms with van der Waals surface area (Å²) in [5.41, 5.74) is 6.33. The maximum Gasteiger partial charge on any atom is 0.274 e. The van der Waals surface area contributed by atoms with E-state index in [9.17, 15) is 4.79 Å². The van der Waals surface area contributed by atoms with Gasteiger partial charge in [0.05, 0.1) is 6.33 Å². The molecule has 2 rings (SSSR count). The molecular formula is C10H16N4O. The second kappa shape index (κ2) is 4.02. The molecule has 1 saturated heterocycles. The molecule has 5 nitrogen and oxygen atoms in total. The minimum Gasteiger partial charge on any atom is -0.340 e. The summed E-state index contributed by atoms with van der Waals surface area (Å²) in [4.78, 5) is 17.8. The van der Waals surface area contributed by atoms with Gasteiger partial charge in [-0.3, -0.25) is 4.79 Å². The molecule has 5 heteroatoms. The molecule has 1 unspecified atom stereocenters. The van der Waals surface area contributed by atoms with Crippen molar-refractivity contribution >= 4 is 5.91 Å². The summed E-state index contributed by atoms with van der Waals surface area (Å²) in [5.74, 6) is -0.00856. The quantitative estimate of drug-likeness (QED) is 0.705. The van der Waals surface area contributed by atoms with Crippen LogP contribution in [0.1, 0.15) is 23.3 Å². The summed E-state index contributed by atoms with van der Waals surface area (Å²) in [6, 6.07) is 0.117. The second-order valence-electron chi connectivity index (χ2n) is 4.08. The highest BCUT2D eigenvalue weighted by Gasteiger charge is 2.23. The molecule has 0 bridgehead atoms. The number of carbonyl (C=O) groups is 1. The van der Waals surface area contributed by atoms with Crippen LogP contribution in [-0.2, 0) is 7.05 Å². The molecule has 0 radical (unpaired) electrons. The van der Waals surface area contributed by atoms with Gasteiger partial charge in [-0.1, -0.05) is 0 Å². The lowest BCUT2D eigenvalue weighted by Crippen LogP contribution is -2.45. The largest absolute Gasteiger partial charge is 0.340 e. The number of hydrogen-bond acceptors (Lipinski definition) is 3. The molecule has 1 amide bonds. The molecule has 15 heavy (non-hydrogen) atoms. The van der Waals surface area contributed by atoms with E-state index in [2.05, 4.69) is 4.98 Å². The van der Waals surface area contributed by atoms with E-state index in [-0.39, 0.29) is 11.9 Å². The minimum atomic E-state index is -0.00856. The van der Waals surface area contributed by atoms with Gasteiger partial charge in [-0.25, -0.2) is 4.98 Å². The van der Waals surface area contributed by atoms with Crippen LogP contribution >= 0.6 is 0 Å². The summed E-state index contributed by atoms with van der Waals surface area (Å²) in [5, 5.41) is 0. The third kappa shape index (κ3) is 2.18. The fraction of sp³-hybridized carbons (Fsp3) is 0.600. The zero-order chi connectivity index (χ0) is 10.8. The zero-order valence-electron chi connectivity index (χ0n) is 8.89. The normalized spacial score (nSPS) is 21.7. The summed E-state index contributed by atoms with van der Waals surface area (Å²) >= 11 is 0. The van der Waals surface area contributed by atoms with E-state index in [4.69, 9.17) is 5.73 Å². The van der Waals surface area contributed by atoms with Gasteiger partial charge in [-0.05, 0) is 12.8 Å². The smallest absolute Gasteiger partial charge is 0.274 e. The van der Waals surface area contributed by atoms with Crippen LogP contribution in [0.25, 0.3) is 0 Å². The number of imidazole rings is 1. The Bertz CT molecular complexity index is 360. The number of likely N-dealkylation sites (tertiary alicyclic amines) is 1. The molecule has 1 atom stereocenters. The third-order valence-corrected chi connectivity index (χ3v) is 2.67. The zero-order valence-corrected chi connectivity index (χ0v) is 8.89. The number of hydrogen-bond donors (Lipinski definition) is 1. The average Bonchev–Trinajstić information content (AvgIpc) is 2.64. The molecule has 2 heterocycles. The van der Waals surface area contributed by atoms with Gasteiger partial charge in [0.25, 0.3) is 5.91 Å². The Kier molecular flexibility index (Phi) is 2.73. The number of carbonyl (C=O) groups excluding carboxylic acids is 1. The fourth-order valence-electron chi connectivity index (χ4n) is 1.88. The van der Waals surface area contributed by atoms with Crippen molar-refractivity contribution in [2.24, 2.45) is 12.8 Å². The Balaban J connectivity index is 2.07. The van der Waals surface area contributed by atoms with Gasteiger partial charge < -0.3 is 15.2 Å². The number of piperidine rings is 1. The molecule has 1 aromatic rings. The van der Waals surface area contributed by atoms with Crippen LogP contribution in [0.15, 0.2) is 12.5 Å². The van der Waals surface area contributed by atoms with Crippen LogP contribution in [0.5, 0.6) is 0 Å². The van der Waals surface area contributed by atoms with Gasteiger partial charge in [0, 0.05) is 32.4 Å². The van der Waals surface area contributed by atoms with Gasteiger partial charge in [0.1, 0.15) is 5.69 Å². The van der Waals surface area contributed by atoms with Crippen molar-refractivity contribution in [2.75, 3.05) is 13.1 Å². The Hall–Kier alpha value is -1.36. The lowest BCUT2D eigenvalue weighted by Gasteiger charge is -2.30. The molecular weight excluding hydrogens is 192 g/mol. The van der Waals surface area contributed by atoms with E-state index < -0.39 is 0 Å². The van der Waals surface area contributed by atoms with Crippen molar-refractivity contribution in [3.63, 3.8) is 0 Å². The second-order valence-corrected chi connectivity index (χ2v) is 4.08. The molecule has 0 spiro atoms. The van der Waals surface area contributed by atoms with Crippen molar-refractivity contribution in [3.05, 3.63) is 18.2 Å². The van der Waals surface area contributed by atoms with Crippen molar-refractivity contribution < 1.29 is 4.79 Å². The molecule has 1 aliphatic rings. The molecule has 1 aromatic heterocycles. The Morgan fingerprint density at radius 2 is 2.47 bits per heavy atom. The average molecular weight is 208 g/mol. The Morgan fingerprint density at radius 1 is 1.67 bits per heavy atom. The van der Waals surface area contributed by atoms with Gasteiger partial charge in [-0.2, -0.15) is 0 Å². The van der Waals surface area contributed by atoms with E-state index in [1.54, 1.807) is 22.0 Å². The molecule has 0 aliphatic carbocycles. The Morgan fingerprint density at radius 3 is 3.07 bits per heavy atom. The monoisotopic (exact) mass is 208 g/mol. The number of aryl methyl sites for hydroxylation is 1.